The molecule has 2 aromatic carbocycles. The van der Waals surface area contributed by atoms with Gasteiger partial charge < -0.3 is 24.4 Å². The van der Waals surface area contributed by atoms with Gasteiger partial charge in [-0.25, -0.2) is 0 Å². The molecule has 0 fully saturated rings. The number of carbonyl (C=O) groups excluding carboxylic acids is 2. The van der Waals surface area contributed by atoms with Crippen molar-refractivity contribution in [2.45, 2.75) is 25.5 Å². The SMILES string of the molecule is COc1cc2c(cc1OC)CN(C(=O)CC1Oc3ccccc3NC1=O)CC2. The maximum Gasteiger partial charge on any atom is 0.266 e. The van der Waals surface area contributed by atoms with E-state index in [0.29, 0.717) is 36.0 Å². The molecule has 2 aliphatic rings. The first kappa shape index (κ1) is 18.2. The number of hydrogen-bond donors (Lipinski definition) is 1. The molecule has 2 aliphatic heterocycles. The van der Waals surface area contributed by atoms with Crippen molar-refractivity contribution in [1.29, 1.82) is 0 Å². The first-order chi connectivity index (χ1) is 13.6. The van der Waals surface area contributed by atoms with Gasteiger partial charge in [-0.3, -0.25) is 9.59 Å². The monoisotopic (exact) mass is 382 g/mol. The Kier molecular flexibility index (Phi) is 4.81. The molecule has 1 unspecified atom stereocenters. The molecule has 146 valence electrons. The first-order valence-corrected chi connectivity index (χ1v) is 9.17. The van der Waals surface area contributed by atoms with Crippen molar-refractivity contribution in [2.75, 3.05) is 26.1 Å². The second-order valence-corrected chi connectivity index (χ2v) is 6.84. The number of nitrogens with one attached hydrogen (secondary N) is 1. The zero-order chi connectivity index (χ0) is 19.7. The van der Waals surface area contributed by atoms with E-state index in [-0.39, 0.29) is 18.2 Å². The molecular formula is C21H22N2O5. The van der Waals surface area contributed by atoms with Crippen molar-refractivity contribution in [3.05, 3.63) is 47.5 Å². The number of para-hydroxylation sites is 2. The topological polar surface area (TPSA) is 77.1 Å². The largest absolute Gasteiger partial charge is 0.493 e. The first-order valence-electron chi connectivity index (χ1n) is 9.17. The number of anilines is 1. The van der Waals surface area contributed by atoms with Crippen LogP contribution in [0.4, 0.5) is 5.69 Å². The number of rotatable bonds is 4. The van der Waals surface area contributed by atoms with Crippen LogP contribution in [0.5, 0.6) is 17.2 Å². The number of methoxy groups -OCH3 is 2. The lowest BCUT2D eigenvalue weighted by molar-refractivity contribution is -0.137. The van der Waals surface area contributed by atoms with Crippen molar-refractivity contribution in [1.82, 2.24) is 4.90 Å². The van der Waals surface area contributed by atoms with Gasteiger partial charge in [0.15, 0.2) is 17.6 Å². The molecule has 7 nitrogen and oxygen atoms in total. The summed E-state index contributed by atoms with van der Waals surface area (Å²) in [7, 11) is 3.20. The fourth-order valence-electron chi connectivity index (χ4n) is 3.61. The van der Waals surface area contributed by atoms with Crippen LogP contribution in [0.1, 0.15) is 17.5 Å². The third-order valence-electron chi connectivity index (χ3n) is 5.14. The number of fused-ring (bicyclic) bond motifs is 2. The highest BCUT2D eigenvalue weighted by Crippen LogP contribution is 2.34. The van der Waals surface area contributed by atoms with Gasteiger partial charge in [-0.1, -0.05) is 12.1 Å². The number of nitrogens with zero attached hydrogens (tertiary/aromatic N) is 1. The maximum absolute atomic E-state index is 12.8. The summed E-state index contributed by atoms with van der Waals surface area (Å²) in [6.45, 7) is 1.06. The van der Waals surface area contributed by atoms with E-state index in [0.717, 1.165) is 17.5 Å². The van der Waals surface area contributed by atoms with E-state index in [2.05, 4.69) is 5.32 Å². The zero-order valence-corrected chi connectivity index (χ0v) is 15.9. The predicted octanol–water partition coefficient (Wildman–Crippen LogP) is 2.38. The zero-order valence-electron chi connectivity index (χ0n) is 15.9. The van der Waals surface area contributed by atoms with Gasteiger partial charge in [0.2, 0.25) is 5.91 Å². The smallest absolute Gasteiger partial charge is 0.266 e. The molecule has 1 atom stereocenters. The Balaban J connectivity index is 1.46. The van der Waals surface area contributed by atoms with Gasteiger partial charge in [-0.15, -0.1) is 0 Å². The minimum atomic E-state index is -0.825. The Bertz CT molecular complexity index is 927. The summed E-state index contributed by atoms with van der Waals surface area (Å²) in [4.78, 5) is 26.9. The highest BCUT2D eigenvalue weighted by molar-refractivity contribution is 5.99. The molecule has 2 aromatic rings. The van der Waals surface area contributed by atoms with Crippen LogP contribution in [0.25, 0.3) is 0 Å². The number of amides is 2. The normalized spacial score (nSPS) is 17.7. The predicted molar refractivity (Wildman–Crippen MR) is 103 cm³/mol. The number of carbonyl (C=O) groups is 2. The van der Waals surface area contributed by atoms with E-state index in [9.17, 15) is 9.59 Å². The number of hydrogen-bond acceptors (Lipinski definition) is 5. The molecule has 4 rings (SSSR count). The van der Waals surface area contributed by atoms with Gasteiger partial charge in [0.1, 0.15) is 5.75 Å². The minimum Gasteiger partial charge on any atom is -0.493 e. The average Bonchev–Trinajstić information content (AvgIpc) is 2.72. The van der Waals surface area contributed by atoms with Gasteiger partial charge in [0.25, 0.3) is 5.91 Å². The molecule has 0 saturated heterocycles. The third kappa shape index (κ3) is 3.35. The van der Waals surface area contributed by atoms with E-state index in [1.165, 1.54) is 0 Å². The molecule has 0 aromatic heterocycles. The summed E-state index contributed by atoms with van der Waals surface area (Å²) in [6, 6.07) is 11.1. The van der Waals surface area contributed by atoms with E-state index in [1.807, 2.05) is 24.3 Å². The van der Waals surface area contributed by atoms with Gasteiger partial charge in [-0.2, -0.15) is 0 Å². The number of benzene rings is 2. The molecule has 0 spiro atoms. The van der Waals surface area contributed by atoms with Crippen LogP contribution in [-0.4, -0.2) is 43.6 Å². The fourth-order valence-corrected chi connectivity index (χ4v) is 3.61. The Morgan fingerprint density at radius 2 is 1.89 bits per heavy atom. The number of ether oxygens (including phenoxy) is 3. The van der Waals surface area contributed by atoms with Gasteiger partial charge in [-0.05, 0) is 41.8 Å². The second-order valence-electron chi connectivity index (χ2n) is 6.84. The van der Waals surface area contributed by atoms with E-state index in [1.54, 1.807) is 31.3 Å². The lowest BCUT2D eigenvalue weighted by atomic mass is 9.98. The quantitative estimate of drug-likeness (QED) is 0.879. The Morgan fingerprint density at radius 1 is 1.18 bits per heavy atom. The van der Waals surface area contributed by atoms with Crippen LogP contribution in [0.15, 0.2) is 36.4 Å². The molecule has 0 aliphatic carbocycles. The van der Waals surface area contributed by atoms with E-state index < -0.39 is 6.10 Å². The summed E-state index contributed by atoms with van der Waals surface area (Å²) < 4.78 is 16.5. The molecule has 2 amide bonds. The van der Waals surface area contributed by atoms with E-state index >= 15 is 0 Å². The Hall–Kier alpha value is -3.22. The molecule has 7 heteroatoms. The molecular weight excluding hydrogens is 360 g/mol. The van der Waals surface area contributed by atoms with Crippen molar-refractivity contribution in [3.8, 4) is 17.2 Å². The van der Waals surface area contributed by atoms with Gasteiger partial charge in [0.05, 0.1) is 26.3 Å². The summed E-state index contributed by atoms with van der Waals surface area (Å²) in [5.41, 5.74) is 2.79. The van der Waals surface area contributed by atoms with Gasteiger partial charge in [0, 0.05) is 13.1 Å². The summed E-state index contributed by atoms with van der Waals surface area (Å²) in [5, 5.41) is 2.80. The Morgan fingerprint density at radius 3 is 2.64 bits per heavy atom. The minimum absolute atomic E-state index is 0.00277. The molecule has 0 bridgehead atoms. The van der Waals surface area contributed by atoms with Crippen LogP contribution in [0, 0.1) is 0 Å². The van der Waals surface area contributed by atoms with Crippen molar-refractivity contribution in [3.63, 3.8) is 0 Å². The molecule has 0 saturated carbocycles. The van der Waals surface area contributed by atoms with E-state index in [4.69, 9.17) is 14.2 Å². The van der Waals surface area contributed by atoms with Gasteiger partial charge >= 0.3 is 0 Å². The molecule has 0 radical (unpaired) electrons. The lowest BCUT2D eigenvalue weighted by Gasteiger charge is -2.31. The summed E-state index contributed by atoms with van der Waals surface area (Å²) in [6.07, 6.45) is -0.0979. The van der Waals surface area contributed by atoms with Crippen molar-refractivity contribution in [2.24, 2.45) is 0 Å². The highest BCUT2D eigenvalue weighted by atomic mass is 16.5. The third-order valence-corrected chi connectivity index (χ3v) is 5.14. The molecule has 1 N–H and O–H groups in total. The molecule has 28 heavy (non-hydrogen) atoms. The lowest BCUT2D eigenvalue weighted by Crippen LogP contribution is -2.43. The van der Waals surface area contributed by atoms with Crippen LogP contribution in [0.2, 0.25) is 0 Å². The summed E-state index contributed by atoms with van der Waals surface area (Å²) >= 11 is 0. The average molecular weight is 382 g/mol. The Labute approximate surface area is 163 Å². The summed E-state index contributed by atoms with van der Waals surface area (Å²) in [5.74, 6) is 1.51. The fraction of sp³-hybridized carbons (Fsp3) is 0.333. The van der Waals surface area contributed by atoms with Crippen LogP contribution >= 0.6 is 0 Å². The highest BCUT2D eigenvalue weighted by Gasteiger charge is 2.32. The maximum atomic E-state index is 12.8. The van der Waals surface area contributed by atoms with Crippen molar-refractivity contribution < 1.29 is 23.8 Å². The molecule has 2 heterocycles. The van der Waals surface area contributed by atoms with Crippen LogP contribution in [0.3, 0.4) is 0 Å². The van der Waals surface area contributed by atoms with Crippen molar-refractivity contribution >= 4 is 17.5 Å². The standard InChI is InChI=1S/C21H22N2O5/c1-26-17-9-13-7-8-23(12-14(13)10-18(17)27-2)20(24)11-19-21(25)22-15-5-3-4-6-16(15)28-19/h3-6,9-10,19H,7-8,11-12H2,1-2H3,(H,22,25). The second kappa shape index (κ2) is 7.42. The van der Waals surface area contributed by atoms with Crippen LogP contribution < -0.4 is 19.5 Å². The van der Waals surface area contributed by atoms with Crippen LogP contribution in [-0.2, 0) is 22.6 Å².